The summed E-state index contributed by atoms with van der Waals surface area (Å²) in [5.74, 6) is -0.564. The van der Waals surface area contributed by atoms with E-state index in [2.05, 4.69) is 10.4 Å². The smallest absolute Gasteiger partial charge is 0.312 e. The third-order valence-electron chi connectivity index (χ3n) is 4.79. The van der Waals surface area contributed by atoms with Crippen molar-refractivity contribution in [1.82, 2.24) is 15.1 Å². The molecule has 0 bridgehead atoms. The van der Waals surface area contributed by atoms with E-state index in [9.17, 15) is 19.3 Å². The first-order valence-corrected chi connectivity index (χ1v) is 9.10. The Kier molecular flexibility index (Phi) is 5.72. The van der Waals surface area contributed by atoms with Crippen molar-refractivity contribution in [2.45, 2.75) is 33.4 Å². The first-order chi connectivity index (χ1) is 13.8. The molecule has 3 aromatic rings. The lowest BCUT2D eigenvalue weighted by atomic mass is 10.1. The second kappa shape index (κ2) is 8.22. The average Bonchev–Trinajstić information content (AvgIpc) is 2.96. The number of halogens is 1. The highest BCUT2D eigenvalue weighted by Crippen LogP contribution is 2.22. The van der Waals surface area contributed by atoms with E-state index < -0.39 is 4.92 Å². The molecule has 0 fully saturated rings. The van der Waals surface area contributed by atoms with Gasteiger partial charge >= 0.3 is 5.69 Å². The molecule has 1 atom stereocenters. The average molecular weight is 396 g/mol. The van der Waals surface area contributed by atoms with E-state index in [0.29, 0.717) is 23.5 Å². The van der Waals surface area contributed by atoms with E-state index >= 15 is 0 Å². The fraction of sp³-hybridized carbons (Fsp3) is 0.238. The number of benzene rings is 2. The van der Waals surface area contributed by atoms with Crippen LogP contribution in [0.5, 0.6) is 0 Å². The van der Waals surface area contributed by atoms with Crippen LogP contribution in [-0.2, 0) is 6.54 Å². The molecule has 0 spiro atoms. The second-order valence-electron chi connectivity index (χ2n) is 6.88. The topological polar surface area (TPSA) is 90.1 Å². The van der Waals surface area contributed by atoms with Crippen molar-refractivity contribution in [3.05, 3.63) is 92.5 Å². The minimum absolute atomic E-state index is 0.0239. The van der Waals surface area contributed by atoms with E-state index in [1.165, 1.54) is 12.1 Å². The van der Waals surface area contributed by atoms with Crippen LogP contribution in [0.4, 0.5) is 10.1 Å². The van der Waals surface area contributed by atoms with Gasteiger partial charge in [-0.05, 0) is 56.2 Å². The molecule has 0 radical (unpaired) electrons. The number of aromatic nitrogens is 2. The van der Waals surface area contributed by atoms with Gasteiger partial charge in [-0.3, -0.25) is 19.6 Å². The van der Waals surface area contributed by atoms with Gasteiger partial charge < -0.3 is 5.32 Å². The molecule has 3 rings (SSSR count). The summed E-state index contributed by atoms with van der Waals surface area (Å²) in [5, 5.41) is 18.2. The predicted octanol–water partition coefficient (Wildman–Crippen LogP) is 4.09. The van der Waals surface area contributed by atoms with Crippen LogP contribution in [0.3, 0.4) is 0 Å². The molecule has 1 N–H and O–H groups in total. The number of nitrogens with one attached hydrogen (secondary N) is 1. The van der Waals surface area contributed by atoms with Crippen LogP contribution >= 0.6 is 0 Å². The molecule has 0 aliphatic rings. The maximum Gasteiger partial charge on any atom is 0.312 e. The van der Waals surface area contributed by atoms with Crippen LogP contribution < -0.4 is 5.32 Å². The SMILES string of the molecule is Cc1nn(Cc2ccc(C(=O)N[C@H](C)c3ccc(F)cc3)cc2)c(C)c1[N+](=O)[O-]. The van der Waals surface area contributed by atoms with Crippen molar-refractivity contribution in [2.24, 2.45) is 0 Å². The summed E-state index contributed by atoms with van der Waals surface area (Å²) in [6, 6.07) is 12.7. The molecule has 1 heterocycles. The zero-order chi connectivity index (χ0) is 21.1. The van der Waals surface area contributed by atoms with Crippen molar-refractivity contribution >= 4 is 11.6 Å². The van der Waals surface area contributed by atoms with Gasteiger partial charge in [0, 0.05) is 5.56 Å². The van der Waals surface area contributed by atoms with Gasteiger partial charge in [0.05, 0.1) is 17.5 Å². The molecular formula is C21H21FN4O3. The van der Waals surface area contributed by atoms with Crippen molar-refractivity contribution in [1.29, 1.82) is 0 Å². The minimum Gasteiger partial charge on any atom is -0.346 e. The third-order valence-corrected chi connectivity index (χ3v) is 4.79. The number of nitrogens with zero attached hydrogens (tertiary/aromatic N) is 3. The highest BCUT2D eigenvalue weighted by molar-refractivity contribution is 5.94. The summed E-state index contributed by atoms with van der Waals surface area (Å²) in [7, 11) is 0. The summed E-state index contributed by atoms with van der Waals surface area (Å²) < 4.78 is 14.6. The van der Waals surface area contributed by atoms with Gasteiger partial charge in [-0.15, -0.1) is 0 Å². The highest BCUT2D eigenvalue weighted by Gasteiger charge is 2.21. The minimum atomic E-state index is -0.427. The fourth-order valence-electron chi connectivity index (χ4n) is 3.15. The number of hydrogen-bond donors (Lipinski definition) is 1. The van der Waals surface area contributed by atoms with Crippen molar-refractivity contribution in [3.8, 4) is 0 Å². The maximum atomic E-state index is 13.0. The lowest BCUT2D eigenvalue weighted by Crippen LogP contribution is -2.26. The third kappa shape index (κ3) is 4.48. The number of carbonyl (C=O) groups excluding carboxylic acids is 1. The number of nitro groups is 1. The van der Waals surface area contributed by atoms with Gasteiger partial charge in [0.25, 0.3) is 5.91 Å². The van der Waals surface area contributed by atoms with E-state index in [1.807, 2.05) is 6.92 Å². The van der Waals surface area contributed by atoms with Crippen LogP contribution in [0.2, 0.25) is 0 Å². The molecule has 1 amide bonds. The summed E-state index contributed by atoms with van der Waals surface area (Å²) in [6.07, 6.45) is 0. The molecule has 150 valence electrons. The van der Waals surface area contributed by atoms with Gasteiger partial charge in [0.1, 0.15) is 17.2 Å². The summed E-state index contributed by atoms with van der Waals surface area (Å²) in [6.45, 7) is 5.47. The number of aryl methyl sites for hydroxylation is 1. The normalized spacial score (nSPS) is 11.9. The molecule has 0 saturated heterocycles. The number of amides is 1. The van der Waals surface area contributed by atoms with Crippen molar-refractivity contribution < 1.29 is 14.1 Å². The number of hydrogen-bond acceptors (Lipinski definition) is 4. The van der Waals surface area contributed by atoms with Crippen LogP contribution in [0.25, 0.3) is 0 Å². The Morgan fingerprint density at radius 1 is 1.17 bits per heavy atom. The Hall–Kier alpha value is -3.55. The van der Waals surface area contributed by atoms with Crippen LogP contribution in [-0.4, -0.2) is 20.6 Å². The largest absolute Gasteiger partial charge is 0.346 e. The van der Waals surface area contributed by atoms with E-state index in [1.54, 1.807) is 54.9 Å². The number of rotatable bonds is 6. The number of carbonyl (C=O) groups is 1. The maximum absolute atomic E-state index is 13.0. The Balaban J connectivity index is 1.68. The van der Waals surface area contributed by atoms with E-state index in [4.69, 9.17) is 0 Å². The van der Waals surface area contributed by atoms with Gasteiger partial charge in [-0.25, -0.2) is 4.39 Å². The monoisotopic (exact) mass is 396 g/mol. The Morgan fingerprint density at radius 3 is 2.34 bits per heavy atom. The molecule has 7 nitrogen and oxygen atoms in total. The molecule has 0 aliphatic carbocycles. The molecule has 2 aromatic carbocycles. The summed E-state index contributed by atoms with van der Waals surface area (Å²) >= 11 is 0. The lowest BCUT2D eigenvalue weighted by Gasteiger charge is -2.14. The van der Waals surface area contributed by atoms with Gasteiger partial charge in [-0.2, -0.15) is 5.10 Å². The summed E-state index contributed by atoms with van der Waals surface area (Å²) in [5.41, 5.74) is 3.05. The molecule has 0 saturated carbocycles. The first kappa shape index (κ1) is 20.2. The molecule has 0 unspecified atom stereocenters. The molecular weight excluding hydrogens is 375 g/mol. The Bertz CT molecular complexity index is 1040. The quantitative estimate of drug-likeness (QED) is 0.502. The molecule has 29 heavy (non-hydrogen) atoms. The van der Waals surface area contributed by atoms with E-state index in [-0.39, 0.29) is 23.5 Å². The van der Waals surface area contributed by atoms with Gasteiger partial charge in [0.15, 0.2) is 0 Å². The molecule has 1 aromatic heterocycles. The van der Waals surface area contributed by atoms with Gasteiger partial charge in [-0.1, -0.05) is 24.3 Å². The molecule has 8 heteroatoms. The summed E-state index contributed by atoms with van der Waals surface area (Å²) in [4.78, 5) is 23.2. The van der Waals surface area contributed by atoms with Crippen molar-refractivity contribution in [3.63, 3.8) is 0 Å². The lowest BCUT2D eigenvalue weighted by molar-refractivity contribution is -0.386. The second-order valence-corrected chi connectivity index (χ2v) is 6.88. The standard InChI is InChI=1S/C21H21FN4O3/c1-13(17-8-10-19(22)11-9-17)23-21(27)18-6-4-16(5-7-18)12-25-15(3)20(26(28)29)14(2)24-25/h4-11,13H,12H2,1-3H3,(H,23,27)/t13-/m1/s1. The predicted molar refractivity (Wildman–Crippen MR) is 106 cm³/mol. The zero-order valence-corrected chi connectivity index (χ0v) is 16.3. The zero-order valence-electron chi connectivity index (χ0n) is 16.3. The van der Waals surface area contributed by atoms with Crippen molar-refractivity contribution in [2.75, 3.05) is 0 Å². The fourth-order valence-corrected chi connectivity index (χ4v) is 3.15. The molecule has 0 aliphatic heterocycles. The van der Waals surface area contributed by atoms with Gasteiger partial charge in [0.2, 0.25) is 0 Å². The van der Waals surface area contributed by atoms with Crippen LogP contribution in [0.1, 0.15) is 45.8 Å². The van der Waals surface area contributed by atoms with Crippen LogP contribution in [0, 0.1) is 29.8 Å². The Labute approximate surface area is 167 Å². The highest BCUT2D eigenvalue weighted by atomic mass is 19.1. The Morgan fingerprint density at radius 2 is 1.79 bits per heavy atom. The first-order valence-electron chi connectivity index (χ1n) is 9.10. The van der Waals surface area contributed by atoms with Crippen LogP contribution in [0.15, 0.2) is 48.5 Å². The van der Waals surface area contributed by atoms with E-state index in [0.717, 1.165) is 11.1 Å².